The Hall–Kier alpha value is -2.54. The highest BCUT2D eigenvalue weighted by molar-refractivity contribution is 7.89. The quantitative estimate of drug-likeness (QED) is 0.491. The monoisotopic (exact) mass is 573 g/mol. The van der Waals surface area contributed by atoms with Crippen LogP contribution in [-0.2, 0) is 30.8 Å². The van der Waals surface area contributed by atoms with Crippen LogP contribution in [0.25, 0.3) is 0 Å². The van der Waals surface area contributed by atoms with E-state index in [4.69, 9.17) is 14.2 Å². The number of fused-ring (bicyclic) bond motifs is 1. The van der Waals surface area contributed by atoms with E-state index in [1.807, 2.05) is 18.2 Å². The first kappa shape index (κ1) is 29.0. The van der Waals surface area contributed by atoms with E-state index in [9.17, 15) is 18.3 Å². The molecule has 3 aliphatic rings. The molecule has 3 aliphatic heterocycles. The summed E-state index contributed by atoms with van der Waals surface area (Å²) in [4.78, 5) is 15.4. The Morgan fingerprint density at radius 1 is 1.05 bits per heavy atom. The Bertz CT molecular complexity index is 1230. The van der Waals surface area contributed by atoms with Crippen LogP contribution < -0.4 is 10.1 Å². The SMILES string of the molecule is COc1ccc(S(=O)(=O)N2C[C@@H](O)COC[C@H]3O[C@@H](CC(=O)N[C@H]4CCN(Cc5ccccc5)C4)CC[C@@H]32)cc1. The molecule has 0 saturated carbocycles. The molecule has 11 heteroatoms. The summed E-state index contributed by atoms with van der Waals surface area (Å²) in [6.07, 6.45) is 0.328. The molecule has 3 fully saturated rings. The van der Waals surface area contributed by atoms with Crippen molar-refractivity contribution in [1.82, 2.24) is 14.5 Å². The normalized spacial score (nSPS) is 28.3. The zero-order valence-corrected chi connectivity index (χ0v) is 23.7. The number of hydrogen-bond acceptors (Lipinski definition) is 8. The van der Waals surface area contributed by atoms with Crippen LogP contribution >= 0.6 is 0 Å². The third-order valence-corrected chi connectivity index (χ3v) is 9.80. The standard InChI is InChI=1S/C29H39N3O7S/c1-37-24-7-10-26(11-8-24)40(35,36)32-18-23(33)19-38-20-28-27(32)12-9-25(39-28)15-29(34)30-22-13-14-31(17-22)16-21-5-3-2-4-6-21/h2-8,10-11,22-23,25,27-28,33H,9,12-20H2,1H3,(H,30,34)/t22-,23+,25+,27-,28+/m0/s1. The summed E-state index contributed by atoms with van der Waals surface area (Å²) in [5.41, 5.74) is 1.26. The topological polar surface area (TPSA) is 118 Å². The van der Waals surface area contributed by atoms with Crippen LogP contribution in [0.4, 0.5) is 0 Å². The van der Waals surface area contributed by atoms with Crippen molar-refractivity contribution in [3.63, 3.8) is 0 Å². The maximum absolute atomic E-state index is 13.7. The summed E-state index contributed by atoms with van der Waals surface area (Å²) >= 11 is 0. The molecule has 0 radical (unpaired) electrons. The third-order valence-electron chi connectivity index (χ3n) is 7.90. The summed E-state index contributed by atoms with van der Waals surface area (Å²) in [6, 6.07) is 16.1. The number of aliphatic hydroxyl groups excluding tert-OH is 1. The van der Waals surface area contributed by atoms with Crippen LogP contribution in [0.3, 0.4) is 0 Å². The van der Waals surface area contributed by atoms with Crippen molar-refractivity contribution < 1.29 is 32.5 Å². The minimum absolute atomic E-state index is 0.00747. The van der Waals surface area contributed by atoms with Crippen LogP contribution in [0, 0.1) is 0 Å². The fourth-order valence-corrected chi connectivity index (χ4v) is 7.60. The van der Waals surface area contributed by atoms with Gasteiger partial charge in [0.1, 0.15) is 5.75 Å². The highest BCUT2D eigenvalue weighted by atomic mass is 32.2. The Morgan fingerprint density at radius 2 is 1.82 bits per heavy atom. The third kappa shape index (κ3) is 7.02. The molecule has 10 nitrogen and oxygen atoms in total. The number of sulfonamides is 1. The van der Waals surface area contributed by atoms with E-state index in [1.54, 1.807) is 12.1 Å². The van der Waals surface area contributed by atoms with Crippen molar-refractivity contribution >= 4 is 15.9 Å². The molecular formula is C29H39N3O7S. The number of methoxy groups -OCH3 is 1. The van der Waals surface area contributed by atoms with E-state index in [0.29, 0.717) is 18.6 Å². The predicted molar refractivity (Wildman–Crippen MR) is 148 cm³/mol. The number of carbonyl (C=O) groups is 1. The lowest BCUT2D eigenvalue weighted by Gasteiger charge is -2.43. The Morgan fingerprint density at radius 3 is 2.58 bits per heavy atom. The second-order valence-corrected chi connectivity index (χ2v) is 12.8. The van der Waals surface area contributed by atoms with Crippen molar-refractivity contribution in [2.45, 2.75) is 67.5 Å². The lowest BCUT2D eigenvalue weighted by atomic mass is 9.96. The molecule has 0 aromatic heterocycles. The number of ether oxygens (including phenoxy) is 3. The first-order chi connectivity index (χ1) is 19.3. The van der Waals surface area contributed by atoms with Gasteiger partial charge in [-0.15, -0.1) is 0 Å². The summed E-state index contributed by atoms with van der Waals surface area (Å²) in [5, 5.41) is 13.6. The minimum Gasteiger partial charge on any atom is -0.497 e. The maximum atomic E-state index is 13.7. The molecule has 2 N–H and O–H groups in total. The van der Waals surface area contributed by atoms with Crippen molar-refractivity contribution in [3.8, 4) is 5.75 Å². The summed E-state index contributed by atoms with van der Waals surface area (Å²) in [6.45, 7) is 2.67. The van der Waals surface area contributed by atoms with Gasteiger partial charge in [0.15, 0.2) is 0 Å². The number of carbonyl (C=O) groups excluding carboxylic acids is 1. The van der Waals surface area contributed by atoms with Gasteiger partial charge in [-0.2, -0.15) is 4.31 Å². The molecule has 5 atom stereocenters. The number of likely N-dealkylation sites (tertiary alicyclic amines) is 1. The van der Waals surface area contributed by atoms with Gasteiger partial charge >= 0.3 is 0 Å². The Labute approximate surface area is 236 Å². The van der Waals surface area contributed by atoms with Crippen LogP contribution in [-0.4, -0.2) is 99.0 Å². The highest BCUT2D eigenvalue weighted by Gasteiger charge is 2.43. The number of aliphatic hydroxyl groups is 1. The molecule has 0 spiro atoms. The lowest BCUT2D eigenvalue weighted by Crippen LogP contribution is -2.57. The molecule has 3 saturated heterocycles. The van der Waals surface area contributed by atoms with Gasteiger partial charge in [-0.1, -0.05) is 30.3 Å². The van der Waals surface area contributed by atoms with Crippen LogP contribution in [0.1, 0.15) is 31.2 Å². The molecule has 0 bridgehead atoms. The average Bonchev–Trinajstić information content (AvgIpc) is 3.37. The van der Waals surface area contributed by atoms with Gasteiger partial charge in [0.2, 0.25) is 15.9 Å². The van der Waals surface area contributed by atoms with E-state index in [0.717, 1.165) is 26.1 Å². The van der Waals surface area contributed by atoms with Gasteiger partial charge in [-0.25, -0.2) is 8.42 Å². The zero-order valence-electron chi connectivity index (χ0n) is 22.9. The van der Waals surface area contributed by atoms with E-state index in [2.05, 4.69) is 22.3 Å². The predicted octanol–water partition coefficient (Wildman–Crippen LogP) is 1.77. The molecule has 2 aromatic rings. The van der Waals surface area contributed by atoms with Gasteiger partial charge in [0.05, 0.1) is 56.0 Å². The molecule has 218 valence electrons. The molecule has 1 amide bonds. The molecule has 0 unspecified atom stereocenters. The van der Waals surface area contributed by atoms with E-state index < -0.39 is 28.3 Å². The summed E-state index contributed by atoms with van der Waals surface area (Å²) in [5.74, 6) is 0.501. The van der Waals surface area contributed by atoms with E-state index in [-0.39, 0.29) is 49.1 Å². The van der Waals surface area contributed by atoms with Gasteiger partial charge in [-0.05, 0) is 49.1 Å². The zero-order chi connectivity index (χ0) is 28.1. The largest absolute Gasteiger partial charge is 0.497 e. The van der Waals surface area contributed by atoms with Crippen molar-refractivity contribution in [1.29, 1.82) is 0 Å². The van der Waals surface area contributed by atoms with Gasteiger partial charge in [-0.3, -0.25) is 9.69 Å². The van der Waals surface area contributed by atoms with Gasteiger partial charge in [0, 0.05) is 32.2 Å². The fraction of sp³-hybridized carbons (Fsp3) is 0.552. The molecule has 40 heavy (non-hydrogen) atoms. The number of β-amino-alcohol motifs (C(OH)–C–C–N with tert-alkyl or cyclic N) is 1. The minimum atomic E-state index is -3.92. The van der Waals surface area contributed by atoms with Crippen molar-refractivity contribution in [2.75, 3.05) is 40.0 Å². The average molecular weight is 574 g/mol. The number of nitrogens with one attached hydrogen (secondary N) is 1. The van der Waals surface area contributed by atoms with E-state index >= 15 is 0 Å². The van der Waals surface area contributed by atoms with Crippen LogP contribution in [0.2, 0.25) is 0 Å². The van der Waals surface area contributed by atoms with Crippen molar-refractivity contribution in [3.05, 3.63) is 60.2 Å². The Kier molecular flexibility index (Phi) is 9.39. The number of hydrogen-bond donors (Lipinski definition) is 2. The van der Waals surface area contributed by atoms with Crippen LogP contribution in [0.5, 0.6) is 5.75 Å². The summed E-state index contributed by atoms with van der Waals surface area (Å²) < 4.78 is 45.8. The maximum Gasteiger partial charge on any atom is 0.243 e. The molecule has 0 aliphatic carbocycles. The second-order valence-electron chi connectivity index (χ2n) is 10.9. The first-order valence-corrected chi connectivity index (χ1v) is 15.4. The number of nitrogens with zero attached hydrogens (tertiary/aromatic N) is 2. The summed E-state index contributed by atoms with van der Waals surface area (Å²) in [7, 11) is -2.39. The molecule has 3 heterocycles. The van der Waals surface area contributed by atoms with Gasteiger partial charge < -0.3 is 24.6 Å². The van der Waals surface area contributed by atoms with Crippen molar-refractivity contribution in [2.24, 2.45) is 0 Å². The van der Waals surface area contributed by atoms with Gasteiger partial charge in [0.25, 0.3) is 0 Å². The second kappa shape index (κ2) is 13.0. The molecule has 5 rings (SSSR count). The Balaban J connectivity index is 1.18. The van der Waals surface area contributed by atoms with E-state index in [1.165, 1.54) is 29.1 Å². The fourth-order valence-electron chi connectivity index (χ4n) is 5.88. The smallest absolute Gasteiger partial charge is 0.243 e. The first-order valence-electron chi connectivity index (χ1n) is 13.9. The highest BCUT2D eigenvalue weighted by Crippen LogP contribution is 2.32. The lowest BCUT2D eigenvalue weighted by molar-refractivity contribution is -0.146. The number of benzene rings is 2. The molecular weight excluding hydrogens is 534 g/mol. The molecule has 2 aromatic carbocycles. The number of rotatable bonds is 8. The number of amides is 1. The van der Waals surface area contributed by atoms with Crippen LogP contribution in [0.15, 0.2) is 59.5 Å².